The van der Waals surface area contributed by atoms with Crippen LogP contribution in [0.15, 0.2) is 41.1 Å². The molecule has 0 spiro atoms. The van der Waals surface area contributed by atoms with Gasteiger partial charge in [-0.05, 0) is 21.5 Å². The van der Waals surface area contributed by atoms with E-state index in [1.54, 1.807) is 0 Å². The minimum absolute atomic E-state index is 0.632. The molecule has 0 bridgehead atoms. The fraction of sp³-hybridized carbons (Fsp3) is 0.389. The summed E-state index contributed by atoms with van der Waals surface area (Å²) in [5.74, 6) is 0.632. The number of aromatic nitrogens is 4. The van der Waals surface area contributed by atoms with Crippen LogP contribution < -0.4 is 5.32 Å². The van der Waals surface area contributed by atoms with Gasteiger partial charge in [0.25, 0.3) is 0 Å². The van der Waals surface area contributed by atoms with Crippen LogP contribution in [0.4, 0.5) is 5.95 Å². The van der Waals surface area contributed by atoms with Gasteiger partial charge in [0.1, 0.15) is 4.60 Å². The summed E-state index contributed by atoms with van der Waals surface area (Å²) in [7, 11) is 0. The summed E-state index contributed by atoms with van der Waals surface area (Å²) in [6.07, 6.45) is 1.82. The van der Waals surface area contributed by atoms with Gasteiger partial charge in [-0.3, -0.25) is 4.90 Å². The Labute approximate surface area is 160 Å². The van der Waals surface area contributed by atoms with Crippen molar-refractivity contribution >= 4 is 32.9 Å². The third-order valence-corrected chi connectivity index (χ3v) is 5.02. The Morgan fingerprint density at radius 2 is 1.96 bits per heavy atom. The van der Waals surface area contributed by atoms with Gasteiger partial charge in [0.05, 0.1) is 25.1 Å². The number of hydrogen-bond acceptors (Lipinski definition) is 6. The molecule has 0 saturated carbocycles. The summed E-state index contributed by atoms with van der Waals surface area (Å²) in [5, 5.41) is 8.80. The first-order chi connectivity index (χ1) is 12.8. The average molecular weight is 417 g/mol. The molecule has 136 valence electrons. The summed E-state index contributed by atoms with van der Waals surface area (Å²) in [5.41, 5.74) is 2.01. The van der Waals surface area contributed by atoms with Crippen LogP contribution >= 0.6 is 15.9 Å². The van der Waals surface area contributed by atoms with Crippen LogP contribution in [0, 0.1) is 0 Å². The molecule has 1 aliphatic heterocycles. The van der Waals surface area contributed by atoms with Crippen LogP contribution in [0.25, 0.3) is 11.0 Å². The molecular formula is C18H21BrN6O. The lowest BCUT2D eigenvalue weighted by Crippen LogP contribution is -2.39. The Bertz CT molecular complexity index is 863. The summed E-state index contributed by atoms with van der Waals surface area (Å²) in [6, 6.07) is 10.3. The van der Waals surface area contributed by atoms with Crippen LogP contribution in [0.2, 0.25) is 0 Å². The minimum Gasteiger partial charge on any atom is -0.379 e. The average Bonchev–Trinajstić information content (AvgIpc) is 2.99. The largest absolute Gasteiger partial charge is 0.379 e. The zero-order valence-electron chi connectivity index (χ0n) is 14.4. The molecule has 1 aromatic carbocycles. The maximum absolute atomic E-state index is 5.38. The van der Waals surface area contributed by atoms with Crippen LogP contribution in [-0.4, -0.2) is 64.0 Å². The van der Waals surface area contributed by atoms with Crippen LogP contribution in [0.5, 0.6) is 0 Å². The number of anilines is 1. The van der Waals surface area contributed by atoms with Crippen molar-refractivity contribution in [3.63, 3.8) is 0 Å². The lowest BCUT2D eigenvalue weighted by Gasteiger charge is -2.26. The molecule has 26 heavy (non-hydrogen) atoms. The maximum atomic E-state index is 5.38. The summed E-state index contributed by atoms with van der Waals surface area (Å²) < 4.78 is 8.05. The van der Waals surface area contributed by atoms with E-state index in [2.05, 4.69) is 53.3 Å². The van der Waals surface area contributed by atoms with E-state index in [1.165, 1.54) is 5.56 Å². The number of morpholine rings is 1. The van der Waals surface area contributed by atoms with Crippen molar-refractivity contribution in [3.8, 4) is 0 Å². The highest BCUT2D eigenvalue weighted by molar-refractivity contribution is 9.10. The van der Waals surface area contributed by atoms with Gasteiger partial charge in [0.15, 0.2) is 5.65 Å². The number of halogens is 1. The van der Waals surface area contributed by atoms with Crippen LogP contribution in [0.1, 0.15) is 5.56 Å². The molecule has 3 aromatic rings. The van der Waals surface area contributed by atoms with E-state index in [0.717, 1.165) is 55.0 Å². The molecule has 1 aliphatic rings. The molecule has 0 radical (unpaired) electrons. The van der Waals surface area contributed by atoms with Crippen molar-refractivity contribution in [1.82, 2.24) is 24.6 Å². The molecule has 1 fully saturated rings. The minimum atomic E-state index is 0.632. The van der Waals surface area contributed by atoms with Gasteiger partial charge in [0, 0.05) is 32.4 Å². The van der Waals surface area contributed by atoms with Crippen molar-refractivity contribution in [2.45, 2.75) is 6.54 Å². The normalized spacial score (nSPS) is 15.4. The molecule has 0 unspecified atom stereocenters. The zero-order chi connectivity index (χ0) is 17.8. The molecule has 7 nitrogen and oxygen atoms in total. The smallest absolute Gasteiger partial charge is 0.224 e. The highest BCUT2D eigenvalue weighted by Crippen LogP contribution is 2.22. The second-order valence-electron chi connectivity index (χ2n) is 6.25. The third-order valence-electron chi connectivity index (χ3n) is 4.43. The van der Waals surface area contributed by atoms with E-state index in [1.807, 2.05) is 29.1 Å². The Hall–Kier alpha value is -2.03. The van der Waals surface area contributed by atoms with Gasteiger partial charge in [-0.15, -0.1) is 0 Å². The number of hydrogen-bond donors (Lipinski definition) is 1. The van der Waals surface area contributed by atoms with E-state index in [-0.39, 0.29) is 0 Å². The van der Waals surface area contributed by atoms with Crippen molar-refractivity contribution in [2.24, 2.45) is 0 Å². The second-order valence-corrected chi connectivity index (χ2v) is 7.00. The first-order valence-electron chi connectivity index (χ1n) is 8.76. The van der Waals surface area contributed by atoms with Crippen LogP contribution in [0.3, 0.4) is 0 Å². The molecule has 4 rings (SSSR count). The Kier molecular flexibility index (Phi) is 5.42. The highest BCUT2D eigenvalue weighted by atomic mass is 79.9. The molecule has 0 amide bonds. The van der Waals surface area contributed by atoms with E-state index in [9.17, 15) is 0 Å². The molecule has 0 aliphatic carbocycles. The first kappa shape index (κ1) is 17.4. The number of ether oxygens (including phenoxy) is 1. The lowest BCUT2D eigenvalue weighted by molar-refractivity contribution is 0.0398. The lowest BCUT2D eigenvalue weighted by atomic mass is 10.2. The molecule has 0 atom stereocenters. The van der Waals surface area contributed by atoms with Crippen molar-refractivity contribution in [1.29, 1.82) is 0 Å². The van der Waals surface area contributed by atoms with Gasteiger partial charge in [-0.1, -0.05) is 30.3 Å². The molecule has 1 saturated heterocycles. The summed E-state index contributed by atoms with van der Waals surface area (Å²) >= 11 is 3.51. The Morgan fingerprint density at radius 3 is 2.77 bits per heavy atom. The van der Waals surface area contributed by atoms with E-state index in [0.29, 0.717) is 12.5 Å². The monoisotopic (exact) mass is 416 g/mol. The number of nitrogens with one attached hydrogen (secondary N) is 1. The fourth-order valence-corrected chi connectivity index (χ4v) is 3.50. The van der Waals surface area contributed by atoms with Crippen molar-refractivity contribution in [3.05, 3.63) is 46.7 Å². The number of rotatable bonds is 6. The fourth-order valence-electron chi connectivity index (χ4n) is 3.02. The molecule has 8 heteroatoms. The Morgan fingerprint density at radius 1 is 1.15 bits per heavy atom. The summed E-state index contributed by atoms with van der Waals surface area (Å²) in [6.45, 7) is 6.03. The molecule has 1 N–H and O–H groups in total. The van der Waals surface area contributed by atoms with Gasteiger partial charge in [-0.2, -0.15) is 10.1 Å². The van der Waals surface area contributed by atoms with Gasteiger partial charge in [-0.25, -0.2) is 9.67 Å². The third kappa shape index (κ3) is 4.03. The SMILES string of the molecule is Brc1nn(Cc2ccccc2)c2nc(NCCN3CCOCC3)ncc12. The first-order valence-corrected chi connectivity index (χ1v) is 9.56. The predicted molar refractivity (Wildman–Crippen MR) is 104 cm³/mol. The molecule has 3 heterocycles. The number of fused-ring (bicyclic) bond motifs is 1. The standard InChI is InChI=1S/C18H21BrN6O/c19-16-15-12-21-18(20-6-7-24-8-10-26-11-9-24)22-17(15)25(23-16)13-14-4-2-1-3-5-14/h1-5,12H,6-11,13H2,(H,20,21,22). The van der Waals surface area contributed by atoms with Crippen molar-refractivity contribution < 1.29 is 4.74 Å². The van der Waals surface area contributed by atoms with Gasteiger partial charge in [0.2, 0.25) is 5.95 Å². The van der Waals surface area contributed by atoms with Gasteiger partial charge >= 0.3 is 0 Å². The highest BCUT2D eigenvalue weighted by Gasteiger charge is 2.13. The van der Waals surface area contributed by atoms with Crippen molar-refractivity contribution in [2.75, 3.05) is 44.7 Å². The van der Waals surface area contributed by atoms with E-state index >= 15 is 0 Å². The molecular weight excluding hydrogens is 396 g/mol. The quantitative estimate of drug-likeness (QED) is 0.665. The Balaban J connectivity index is 1.47. The zero-order valence-corrected chi connectivity index (χ0v) is 16.0. The summed E-state index contributed by atoms with van der Waals surface area (Å²) in [4.78, 5) is 11.5. The second kappa shape index (κ2) is 8.11. The number of nitrogens with zero attached hydrogens (tertiary/aromatic N) is 5. The topological polar surface area (TPSA) is 68.1 Å². The van der Waals surface area contributed by atoms with E-state index < -0.39 is 0 Å². The predicted octanol–water partition coefficient (Wildman–Crippen LogP) is 2.38. The van der Waals surface area contributed by atoms with E-state index in [4.69, 9.17) is 4.74 Å². The van der Waals surface area contributed by atoms with Crippen LogP contribution in [-0.2, 0) is 11.3 Å². The van der Waals surface area contributed by atoms with Gasteiger partial charge < -0.3 is 10.1 Å². The maximum Gasteiger partial charge on any atom is 0.224 e. The molecule has 2 aromatic heterocycles. The number of benzene rings is 1.